The number of rotatable bonds is 7. The fourth-order valence-electron chi connectivity index (χ4n) is 4.91. The van der Waals surface area contributed by atoms with Gasteiger partial charge in [-0.2, -0.15) is 0 Å². The first kappa shape index (κ1) is 22.4. The molecule has 7 nitrogen and oxygen atoms in total. The van der Waals surface area contributed by atoms with Crippen LogP contribution in [0.4, 0.5) is 0 Å². The number of aliphatic hydroxyl groups excluding tert-OH is 2. The molecule has 0 aromatic carbocycles. The second-order valence-electron chi connectivity index (χ2n) is 9.39. The molecular weight excluding hydrogens is 394 g/mol. The second kappa shape index (κ2) is 10.2. The highest BCUT2D eigenvalue weighted by molar-refractivity contribution is 5.85. The van der Waals surface area contributed by atoms with Crippen LogP contribution in [0.2, 0.25) is 0 Å². The smallest absolute Gasteiger partial charge is 0.224 e. The molecule has 0 saturated heterocycles. The molecule has 31 heavy (non-hydrogen) atoms. The lowest BCUT2D eigenvalue weighted by Gasteiger charge is -2.28. The molecule has 2 N–H and O–H groups in total. The predicted octanol–water partition coefficient (Wildman–Crippen LogP) is 3.55. The van der Waals surface area contributed by atoms with E-state index in [4.69, 9.17) is 14.5 Å². The summed E-state index contributed by atoms with van der Waals surface area (Å²) in [7, 11) is 1.72. The van der Waals surface area contributed by atoms with Crippen LogP contribution in [0.1, 0.15) is 75.6 Å². The van der Waals surface area contributed by atoms with Crippen LogP contribution in [0, 0.1) is 5.92 Å². The van der Waals surface area contributed by atoms with Gasteiger partial charge in [-0.05, 0) is 63.2 Å². The molecule has 1 atom stereocenters. The number of methoxy groups -OCH3 is 1. The van der Waals surface area contributed by atoms with Gasteiger partial charge in [-0.15, -0.1) is 0 Å². The minimum Gasteiger partial charge on any atom is -0.474 e. The summed E-state index contributed by atoms with van der Waals surface area (Å²) in [6.45, 7) is 2.81. The summed E-state index contributed by atoms with van der Waals surface area (Å²) >= 11 is 0. The minimum absolute atomic E-state index is 0.0659. The monoisotopic (exact) mass is 429 g/mol. The third-order valence-electron chi connectivity index (χ3n) is 6.70. The zero-order valence-corrected chi connectivity index (χ0v) is 18.7. The minimum atomic E-state index is -0.214. The van der Waals surface area contributed by atoms with Crippen LogP contribution in [-0.4, -0.2) is 57.2 Å². The first-order valence-corrected chi connectivity index (χ1v) is 11.7. The van der Waals surface area contributed by atoms with Gasteiger partial charge in [0.25, 0.3) is 0 Å². The molecule has 7 heteroatoms. The maximum atomic E-state index is 9.94. The zero-order chi connectivity index (χ0) is 21.8. The van der Waals surface area contributed by atoms with Gasteiger partial charge in [0, 0.05) is 38.1 Å². The van der Waals surface area contributed by atoms with E-state index < -0.39 is 0 Å². The van der Waals surface area contributed by atoms with Crippen molar-refractivity contribution < 1.29 is 19.7 Å². The molecule has 2 aliphatic rings. The van der Waals surface area contributed by atoms with Gasteiger partial charge >= 0.3 is 0 Å². The standard InChI is InChI=1S/C24H35N3O4/c1-15(14-30-2)11-22-25-13-21-23(27-22)20(16-3-5-17(28)6-4-16)12-26-24(21)31-19-9-7-18(29)8-10-19/h12-13,15-19,28-29H,3-11,14H2,1-2H3/t15-,16?,17?,18?,19?/m1/s1. The van der Waals surface area contributed by atoms with Crippen LogP contribution in [-0.2, 0) is 11.2 Å². The fraction of sp³-hybridized carbons (Fsp3) is 0.708. The van der Waals surface area contributed by atoms with E-state index in [0.717, 1.165) is 80.1 Å². The Kier molecular flexibility index (Phi) is 7.35. The van der Waals surface area contributed by atoms with Crippen molar-refractivity contribution in [1.29, 1.82) is 0 Å². The van der Waals surface area contributed by atoms with E-state index >= 15 is 0 Å². The Morgan fingerprint density at radius 1 is 0.968 bits per heavy atom. The molecule has 4 rings (SSSR count). The van der Waals surface area contributed by atoms with Crippen LogP contribution in [0.25, 0.3) is 10.9 Å². The summed E-state index contributed by atoms with van der Waals surface area (Å²) in [6, 6.07) is 0. The van der Waals surface area contributed by atoms with Crippen molar-refractivity contribution in [2.24, 2.45) is 5.92 Å². The van der Waals surface area contributed by atoms with Crippen molar-refractivity contribution in [3.8, 4) is 5.88 Å². The molecule has 2 saturated carbocycles. The van der Waals surface area contributed by atoms with Gasteiger partial charge in [-0.3, -0.25) is 0 Å². The molecule has 0 radical (unpaired) electrons. The van der Waals surface area contributed by atoms with E-state index in [1.807, 2.05) is 12.4 Å². The van der Waals surface area contributed by atoms with Gasteiger partial charge in [0.2, 0.25) is 5.88 Å². The Labute approximate surface area is 184 Å². The summed E-state index contributed by atoms with van der Waals surface area (Å²) in [5, 5.41) is 20.6. The highest BCUT2D eigenvalue weighted by Crippen LogP contribution is 2.38. The van der Waals surface area contributed by atoms with Gasteiger partial charge in [-0.1, -0.05) is 6.92 Å². The number of fused-ring (bicyclic) bond motifs is 1. The van der Waals surface area contributed by atoms with Gasteiger partial charge in [0.1, 0.15) is 11.9 Å². The molecular formula is C24H35N3O4. The van der Waals surface area contributed by atoms with Crippen LogP contribution < -0.4 is 4.74 Å². The topological polar surface area (TPSA) is 97.6 Å². The second-order valence-corrected chi connectivity index (χ2v) is 9.39. The number of pyridine rings is 1. The quantitative estimate of drug-likeness (QED) is 0.694. The van der Waals surface area contributed by atoms with E-state index in [-0.39, 0.29) is 18.3 Å². The van der Waals surface area contributed by atoms with E-state index in [2.05, 4.69) is 16.9 Å². The van der Waals surface area contributed by atoms with Crippen molar-refractivity contribution in [2.75, 3.05) is 13.7 Å². The molecule has 170 valence electrons. The molecule has 0 aliphatic heterocycles. The molecule has 0 unspecified atom stereocenters. The van der Waals surface area contributed by atoms with E-state index in [1.165, 1.54) is 0 Å². The molecule has 2 heterocycles. The summed E-state index contributed by atoms with van der Waals surface area (Å²) in [4.78, 5) is 14.3. The number of nitrogens with zero attached hydrogens (tertiary/aromatic N) is 3. The maximum Gasteiger partial charge on any atom is 0.224 e. The molecule has 2 aromatic rings. The first-order chi connectivity index (χ1) is 15.0. The number of ether oxygens (including phenoxy) is 2. The molecule has 2 aromatic heterocycles. The molecule has 0 bridgehead atoms. The van der Waals surface area contributed by atoms with Crippen molar-refractivity contribution >= 4 is 10.9 Å². The Morgan fingerprint density at radius 2 is 1.65 bits per heavy atom. The molecule has 2 fully saturated rings. The molecule has 2 aliphatic carbocycles. The van der Waals surface area contributed by atoms with Crippen molar-refractivity contribution in [3.63, 3.8) is 0 Å². The Morgan fingerprint density at radius 3 is 2.32 bits per heavy atom. The van der Waals surface area contributed by atoms with Crippen LogP contribution in [0.15, 0.2) is 12.4 Å². The first-order valence-electron chi connectivity index (χ1n) is 11.7. The van der Waals surface area contributed by atoms with E-state index in [0.29, 0.717) is 24.3 Å². The Bertz CT molecular complexity index is 861. The number of aromatic nitrogens is 3. The third-order valence-corrected chi connectivity index (χ3v) is 6.70. The lowest BCUT2D eigenvalue weighted by molar-refractivity contribution is 0.0651. The summed E-state index contributed by atoms with van der Waals surface area (Å²) in [5.41, 5.74) is 2.06. The highest BCUT2D eigenvalue weighted by Gasteiger charge is 2.26. The molecule has 0 amide bonds. The summed E-state index contributed by atoms with van der Waals surface area (Å²) in [6.07, 6.45) is 10.9. The van der Waals surface area contributed by atoms with Gasteiger partial charge in [0.05, 0.1) is 23.1 Å². The van der Waals surface area contributed by atoms with Gasteiger partial charge < -0.3 is 19.7 Å². The van der Waals surface area contributed by atoms with Gasteiger partial charge in [-0.25, -0.2) is 15.0 Å². The van der Waals surface area contributed by atoms with E-state index in [1.54, 1.807) is 7.11 Å². The SMILES string of the molecule is COC[C@H](C)Cc1ncc2c(OC3CCC(O)CC3)ncc(C3CCC(O)CC3)c2n1. The van der Waals surface area contributed by atoms with Gasteiger partial charge in [0.15, 0.2) is 0 Å². The predicted molar refractivity (Wildman–Crippen MR) is 118 cm³/mol. The number of aliphatic hydroxyl groups is 2. The largest absolute Gasteiger partial charge is 0.474 e. The number of hydrogen-bond acceptors (Lipinski definition) is 7. The Balaban J connectivity index is 1.65. The lowest BCUT2D eigenvalue weighted by atomic mass is 9.82. The number of hydrogen-bond donors (Lipinski definition) is 2. The van der Waals surface area contributed by atoms with Crippen molar-refractivity contribution in [3.05, 3.63) is 23.8 Å². The van der Waals surface area contributed by atoms with Crippen LogP contribution in [0.3, 0.4) is 0 Å². The Hall–Kier alpha value is -1.83. The summed E-state index contributed by atoms with van der Waals surface area (Å²) in [5.74, 6) is 2.08. The zero-order valence-electron chi connectivity index (χ0n) is 18.7. The van der Waals surface area contributed by atoms with E-state index in [9.17, 15) is 10.2 Å². The van der Waals surface area contributed by atoms with Crippen LogP contribution in [0.5, 0.6) is 5.88 Å². The van der Waals surface area contributed by atoms with Crippen LogP contribution >= 0.6 is 0 Å². The highest BCUT2D eigenvalue weighted by atomic mass is 16.5. The molecule has 0 spiro atoms. The lowest BCUT2D eigenvalue weighted by Crippen LogP contribution is -2.27. The average molecular weight is 430 g/mol. The van der Waals surface area contributed by atoms with Crippen molar-refractivity contribution in [1.82, 2.24) is 15.0 Å². The normalized spacial score (nSPS) is 27.9. The summed E-state index contributed by atoms with van der Waals surface area (Å²) < 4.78 is 11.6. The maximum absolute atomic E-state index is 9.94. The fourth-order valence-corrected chi connectivity index (χ4v) is 4.91. The average Bonchev–Trinajstić information content (AvgIpc) is 2.76. The van der Waals surface area contributed by atoms with Crippen molar-refractivity contribution in [2.45, 2.75) is 88.9 Å². The third kappa shape index (κ3) is 5.51.